The van der Waals surface area contributed by atoms with Crippen LogP contribution in [0.4, 0.5) is 0 Å². The Labute approximate surface area is 103 Å². The van der Waals surface area contributed by atoms with Gasteiger partial charge in [0.2, 0.25) is 5.91 Å². The third-order valence-corrected chi connectivity index (χ3v) is 3.16. The minimum absolute atomic E-state index is 0.0558. The average Bonchev–Trinajstić information content (AvgIpc) is 2.55. The van der Waals surface area contributed by atoms with Gasteiger partial charge in [-0.1, -0.05) is 11.8 Å². The summed E-state index contributed by atoms with van der Waals surface area (Å²) < 4.78 is 1.83. The van der Waals surface area contributed by atoms with Crippen LogP contribution >= 0.6 is 11.8 Å². The summed E-state index contributed by atoms with van der Waals surface area (Å²) in [5.41, 5.74) is 6.03. The van der Waals surface area contributed by atoms with Crippen LogP contribution in [0.3, 0.4) is 0 Å². The summed E-state index contributed by atoms with van der Waals surface area (Å²) in [7, 11) is 0. The molecule has 1 aromatic heterocycles. The first kappa shape index (κ1) is 13.6. The predicted octanol–water partition coefficient (Wildman–Crippen LogP) is 0.805. The quantitative estimate of drug-likeness (QED) is 0.735. The van der Waals surface area contributed by atoms with E-state index in [1.807, 2.05) is 18.4 Å². The Hall–Kier alpha value is -1.50. The molecule has 1 rings (SSSR count). The second-order valence-electron chi connectivity index (χ2n) is 3.75. The van der Waals surface area contributed by atoms with E-state index in [-0.39, 0.29) is 24.1 Å². The molecule has 0 aliphatic carbocycles. The summed E-state index contributed by atoms with van der Waals surface area (Å²) in [5, 5.41) is 9.22. The van der Waals surface area contributed by atoms with Gasteiger partial charge in [0, 0.05) is 24.4 Å². The molecule has 1 amide bonds. The maximum Gasteiger partial charge on any atom is 0.313 e. The van der Waals surface area contributed by atoms with Gasteiger partial charge in [-0.3, -0.25) is 9.59 Å². The first-order chi connectivity index (χ1) is 7.91. The summed E-state index contributed by atoms with van der Waals surface area (Å²) >= 11 is 1.13. The molecule has 7 heteroatoms. The van der Waals surface area contributed by atoms with Crippen molar-refractivity contribution in [1.82, 2.24) is 9.55 Å². The highest BCUT2D eigenvalue weighted by Gasteiger charge is 2.16. The van der Waals surface area contributed by atoms with Gasteiger partial charge in [0.1, 0.15) is 0 Å². The van der Waals surface area contributed by atoms with Crippen molar-refractivity contribution in [1.29, 1.82) is 0 Å². The first-order valence-electron chi connectivity index (χ1n) is 5.08. The molecular formula is C10H15N3O3S. The molecule has 0 saturated carbocycles. The van der Waals surface area contributed by atoms with Crippen LogP contribution in [0.15, 0.2) is 11.4 Å². The molecule has 1 heterocycles. The highest BCUT2D eigenvalue weighted by Crippen LogP contribution is 2.24. The lowest BCUT2D eigenvalue weighted by molar-refractivity contribution is -0.134. The number of primary amides is 1. The van der Waals surface area contributed by atoms with Gasteiger partial charge in [-0.25, -0.2) is 4.98 Å². The SMILES string of the molecule is Cc1cnc(SCC(=O)O)n1C(C)CC(N)=O. The van der Waals surface area contributed by atoms with Gasteiger partial charge < -0.3 is 15.4 Å². The van der Waals surface area contributed by atoms with Crippen molar-refractivity contribution in [2.45, 2.75) is 31.5 Å². The Morgan fingerprint density at radius 2 is 2.29 bits per heavy atom. The van der Waals surface area contributed by atoms with Crippen molar-refractivity contribution in [3.05, 3.63) is 11.9 Å². The standard InChI is InChI=1S/C10H15N3O3S/c1-6(3-8(11)14)13-7(2)4-12-10(13)17-5-9(15)16/h4,6H,3,5H2,1-2H3,(H2,11,14)(H,15,16). The Kier molecular flexibility index (Phi) is 4.56. The number of carbonyl (C=O) groups excluding carboxylic acids is 1. The zero-order chi connectivity index (χ0) is 13.0. The van der Waals surface area contributed by atoms with Gasteiger partial charge in [0.05, 0.1) is 5.75 Å². The van der Waals surface area contributed by atoms with E-state index in [9.17, 15) is 9.59 Å². The van der Waals surface area contributed by atoms with Crippen molar-refractivity contribution in [3.63, 3.8) is 0 Å². The summed E-state index contributed by atoms with van der Waals surface area (Å²) in [6.45, 7) is 3.71. The molecule has 94 valence electrons. The normalized spacial score (nSPS) is 12.4. The van der Waals surface area contributed by atoms with Crippen molar-refractivity contribution in [2.24, 2.45) is 5.73 Å². The van der Waals surface area contributed by atoms with Crippen molar-refractivity contribution in [3.8, 4) is 0 Å². The molecule has 0 saturated heterocycles. The lowest BCUT2D eigenvalue weighted by Crippen LogP contribution is -2.18. The molecule has 3 N–H and O–H groups in total. The van der Waals surface area contributed by atoms with Crippen molar-refractivity contribution in [2.75, 3.05) is 5.75 Å². The van der Waals surface area contributed by atoms with E-state index in [0.717, 1.165) is 17.5 Å². The number of amides is 1. The maximum absolute atomic E-state index is 10.9. The van der Waals surface area contributed by atoms with Crippen LogP contribution in [0.25, 0.3) is 0 Å². The van der Waals surface area contributed by atoms with Crippen LogP contribution < -0.4 is 5.73 Å². The van der Waals surface area contributed by atoms with E-state index in [1.54, 1.807) is 6.20 Å². The topological polar surface area (TPSA) is 98.2 Å². The van der Waals surface area contributed by atoms with Crippen LogP contribution in [0.2, 0.25) is 0 Å². The van der Waals surface area contributed by atoms with Gasteiger partial charge in [-0.2, -0.15) is 0 Å². The van der Waals surface area contributed by atoms with Crippen LogP contribution in [0.5, 0.6) is 0 Å². The second-order valence-corrected chi connectivity index (χ2v) is 4.70. The molecule has 1 atom stereocenters. The molecule has 1 unspecified atom stereocenters. The van der Waals surface area contributed by atoms with Gasteiger partial charge in [0.15, 0.2) is 5.16 Å². The smallest absolute Gasteiger partial charge is 0.313 e. The van der Waals surface area contributed by atoms with Gasteiger partial charge >= 0.3 is 5.97 Å². The van der Waals surface area contributed by atoms with Crippen molar-refractivity contribution >= 4 is 23.6 Å². The molecule has 17 heavy (non-hydrogen) atoms. The molecular weight excluding hydrogens is 242 g/mol. The Morgan fingerprint density at radius 3 is 2.82 bits per heavy atom. The monoisotopic (exact) mass is 257 g/mol. The van der Waals surface area contributed by atoms with E-state index in [0.29, 0.717) is 5.16 Å². The third-order valence-electron chi connectivity index (χ3n) is 2.21. The Bertz CT molecular complexity index is 430. The molecule has 0 bridgehead atoms. The molecule has 0 aliphatic rings. The van der Waals surface area contributed by atoms with Crippen LogP contribution in [-0.4, -0.2) is 32.3 Å². The summed E-state index contributed by atoms with van der Waals surface area (Å²) in [6.07, 6.45) is 1.86. The number of hydrogen-bond acceptors (Lipinski definition) is 4. The van der Waals surface area contributed by atoms with Gasteiger partial charge in [0.25, 0.3) is 0 Å². The highest BCUT2D eigenvalue weighted by atomic mass is 32.2. The summed E-state index contributed by atoms with van der Waals surface area (Å²) in [4.78, 5) is 25.5. The van der Waals surface area contributed by atoms with E-state index in [2.05, 4.69) is 4.98 Å². The molecule has 0 aliphatic heterocycles. The lowest BCUT2D eigenvalue weighted by atomic mass is 10.2. The lowest BCUT2D eigenvalue weighted by Gasteiger charge is -2.16. The van der Waals surface area contributed by atoms with Crippen LogP contribution in [0, 0.1) is 6.92 Å². The number of thioether (sulfide) groups is 1. The summed E-state index contributed by atoms with van der Waals surface area (Å²) in [6, 6.07) is -0.119. The number of hydrogen-bond donors (Lipinski definition) is 2. The zero-order valence-corrected chi connectivity index (χ0v) is 10.5. The Balaban J connectivity index is 2.85. The summed E-state index contributed by atoms with van der Waals surface area (Å²) in [5.74, 6) is -1.34. The van der Waals surface area contributed by atoms with Crippen LogP contribution in [0.1, 0.15) is 25.1 Å². The second kappa shape index (κ2) is 5.72. The van der Waals surface area contributed by atoms with Gasteiger partial charge in [-0.05, 0) is 13.8 Å². The Morgan fingerprint density at radius 1 is 1.65 bits per heavy atom. The van der Waals surface area contributed by atoms with Crippen molar-refractivity contribution < 1.29 is 14.7 Å². The number of carbonyl (C=O) groups is 2. The molecule has 6 nitrogen and oxygen atoms in total. The average molecular weight is 257 g/mol. The third kappa shape index (κ3) is 3.77. The number of rotatable bonds is 6. The minimum Gasteiger partial charge on any atom is -0.481 e. The minimum atomic E-state index is -0.898. The van der Waals surface area contributed by atoms with E-state index in [1.165, 1.54) is 0 Å². The molecule has 0 radical (unpaired) electrons. The van der Waals surface area contributed by atoms with Crippen LogP contribution in [-0.2, 0) is 9.59 Å². The fraction of sp³-hybridized carbons (Fsp3) is 0.500. The fourth-order valence-corrected chi connectivity index (χ4v) is 2.42. The predicted molar refractivity (Wildman–Crippen MR) is 63.8 cm³/mol. The van der Waals surface area contributed by atoms with E-state index in [4.69, 9.17) is 10.8 Å². The fourth-order valence-electron chi connectivity index (χ4n) is 1.58. The largest absolute Gasteiger partial charge is 0.481 e. The number of imidazole rings is 1. The van der Waals surface area contributed by atoms with E-state index < -0.39 is 5.97 Å². The number of nitrogens with two attached hydrogens (primary N) is 1. The number of aryl methyl sites for hydroxylation is 1. The highest BCUT2D eigenvalue weighted by molar-refractivity contribution is 7.99. The number of aliphatic carboxylic acids is 1. The number of carboxylic acid groups (broad SMARTS) is 1. The first-order valence-corrected chi connectivity index (χ1v) is 6.07. The van der Waals surface area contributed by atoms with Gasteiger partial charge in [-0.15, -0.1) is 0 Å². The van der Waals surface area contributed by atoms with E-state index >= 15 is 0 Å². The molecule has 0 spiro atoms. The number of aromatic nitrogens is 2. The molecule has 0 aromatic carbocycles. The molecule has 1 aromatic rings. The maximum atomic E-state index is 10.9. The molecule has 0 fully saturated rings. The number of nitrogens with zero attached hydrogens (tertiary/aromatic N) is 2. The number of carboxylic acids is 1. The zero-order valence-electron chi connectivity index (χ0n) is 9.71.